The molecular formula is C11H8BrClO2. The van der Waals surface area contributed by atoms with E-state index in [1.54, 1.807) is 0 Å². The van der Waals surface area contributed by atoms with Gasteiger partial charge < -0.3 is 5.11 Å². The Labute approximate surface area is 100 Å². The van der Waals surface area contributed by atoms with Gasteiger partial charge in [0, 0.05) is 15.4 Å². The molecule has 15 heavy (non-hydrogen) atoms. The molecule has 0 radical (unpaired) electrons. The number of carboxylic acid groups (broad SMARTS) is 1. The number of rotatable bonds is 1. The van der Waals surface area contributed by atoms with Crippen LogP contribution in [-0.4, -0.2) is 11.1 Å². The fourth-order valence-electron chi connectivity index (χ4n) is 2.76. The Hall–Kier alpha value is -0.540. The first-order chi connectivity index (χ1) is 7.09. The van der Waals surface area contributed by atoms with Crippen LogP contribution in [0.3, 0.4) is 0 Å². The third-order valence-electron chi connectivity index (χ3n) is 3.45. The van der Waals surface area contributed by atoms with E-state index in [2.05, 4.69) is 15.9 Å². The van der Waals surface area contributed by atoms with E-state index in [9.17, 15) is 4.79 Å². The van der Waals surface area contributed by atoms with Crippen LogP contribution in [0.4, 0.5) is 0 Å². The molecule has 2 aliphatic carbocycles. The Kier molecular flexibility index (Phi) is 1.92. The number of carbonyl (C=O) groups is 1. The van der Waals surface area contributed by atoms with Gasteiger partial charge in [-0.25, -0.2) is 0 Å². The summed E-state index contributed by atoms with van der Waals surface area (Å²) in [4.78, 5) is 10.9. The van der Waals surface area contributed by atoms with E-state index in [1.807, 2.05) is 12.1 Å². The molecule has 1 aromatic carbocycles. The van der Waals surface area contributed by atoms with Gasteiger partial charge in [-0.1, -0.05) is 27.5 Å². The van der Waals surface area contributed by atoms with E-state index in [4.69, 9.17) is 16.7 Å². The molecule has 0 unspecified atom stereocenters. The largest absolute Gasteiger partial charge is 0.481 e. The molecule has 0 heterocycles. The first kappa shape index (κ1) is 9.67. The Bertz CT molecular complexity index is 472. The zero-order valence-electron chi connectivity index (χ0n) is 7.71. The van der Waals surface area contributed by atoms with Crippen LogP contribution in [0, 0.1) is 11.8 Å². The molecule has 3 rings (SSSR count). The van der Waals surface area contributed by atoms with Gasteiger partial charge in [-0.3, -0.25) is 4.79 Å². The number of hydrogen-bond acceptors (Lipinski definition) is 1. The zero-order chi connectivity index (χ0) is 10.7. The molecule has 0 aromatic heterocycles. The highest BCUT2D eigenvalue weighted by molar-refractivity contribution is 9.10. The minimum Gasteiger partial charge on any atom is -0.481 e. The van der Waals surface area contributed by atoms with Crippen molar-refractivity contribution < 1.29 is 9.90 Å². The summed E-state index contributed by atoms with van der Waals surface area (Å²) in [7, 11) is 0. The number of halogens is 2. The summed E-state index contributed by atoms with van der Waals surface area (Å²) in [5.41, 5.74) is 2.28. The predicted octanol–water partition coefficient (Wildman–Crippen LogP) is 3.07. The summed E-state index contributed by atoms with van der Waals surface area (Å²) in [6.07, 6.45) is 0.822. The smallest absolute Gasteiger partial charge is 0.307 e. The normalized spacial score (nSPS) is 30.9. The lowest BCUT2D eigenvalue weighted by molar-refractivity contribution is -0.139. The molecule has 0 aliphatic heterocycles. The molecule has 2 aliphatic rings. The molecule has 0 saturated heterocycles. The molecule has 0 spiro atoms. The van der Waals surface area contributed by atoms with Gasteiger partial charge in [0.2, 0.25) is 0 Å². The fourth-order valence-corrected chi connectivity index (χ4v) is 3.67. The molecule has 0 amide bonds. The molecule has 1 saturated carbocycles. The van der Waals surface area contributed by atoms with Gasteiger partial charge in [-0.05, 0) is 35.6 Å². The highest BCUT2D eigenvalue weighted by atomic mass is 79.9. The number of carboxylic acids is 1. The van der Waals surface area contributed by atoms with Crippen LogP contribution >= 0.6 is 27.5 Å². The summed E-state index contributed by atoms with van der Waals surface area (Å²) < 4.78 is 0.933. The second-order valence-electron chi connectivity index (χ2n) is 4.21. The van der Waals surface area contributed by atoms with E-state index in [1.165, 1.54) is 0 Å². The highest BCUT2D eigenvalue weighted by Crippen LogP contribution is 2.62. The Balaban J connectivity index is 2.05. The third-order valence-corrected chi connectivity index (χ3v) is 4.24. The lowest BCUT2D eigenvalue weighted by Gasteiger charge is -2.08. The topological polar surface area (TPSA) is 37.3 Å². The van der Waals surface area contributed by atoms with Gasteiger partial charge >= 0.3 is 5.97 Å². The fraction of sp³-hybridized carbons (Fsp3) is 0.364. The lowest BCUT2D eigenvalue weighted by Crippen LogP contribution is -2.05. The molecule has 78 valence electrons. The van der Waals surface area contributed by atoms with Crippen molar-refractivity contribution in [2.75, 3.05) is 0 Å². The minimum absolute atomic E-state index is 0.178. The van der Waals surface area contributed by atoms with Crippen molar-refractivity contribution in [1.82, 2.24) is 0 Å². The van der Waals surface area contributed by atoms with Gasteiger partial charge in [-0.15, -0.1) is 0 Å². The standard InChI is InChI=1S/C11H8BrClO2/c12-4-1-6-5(8(13)2-4)3-7-9(6)10(7)11(14)15/h1-2,7,9-10H,3H2,(H,14,15)/t7-,9+,10+/m0/s1. The van der Waals surface area contributed by atoms with Crippen molar-refractivity contribution in [3.63, 3.8) is 0 Å². The van der Waals surface area contributed by atoms with E-state index < -0.39 is 5.97 Å². The van der Waals surface area contributed by atoms with E-state index in [-0.39, 0.29) is 17.8 Å². The molecule has 1 aromatic rings. The number of aliphatic carboxylic acids is 1. The third kappa shape index (κ3) is 1.26. The maximum absolute atomic E-state index is 10.9. The molecule has 1 fully saturated rings. The summed E-state index contributed by atoms with van der Waals surface area (Å²) in [5, 5.41) is 9.74. The first-order valence-corrected chi connectivity index (χ1v) is 5.97. The lowest BCUT2D eigenvalue weighted by atomic mass is 10.0. The Morgan fingerprint density at radius 2 is 2.27 bits per heavy atom. The van der Waals surface area contributed by atoms with Crippen molar-refractivity contribution in [3.05, 3.63) is 32.8 Å². The van der Waals surface area contributed by atoms with E-state index >= 15 is 0 Å². The zero-order valence-corrected chi connectivity index (χ0v) is 10.0. The van der Waals surface area contributed by atoms with Crippen LogP contribution in [0.5, 0.6) is 0 Å². The van der Waals surface area contributed by atoms with Gasteiger partial charge in [0.25, 0.3) is 0 Å². The quantitative estimate of drug-likeness (QED) is 0.862. The van der Waals surface area contributed by atoms with Crippen LogP contribution in [0.15, 0.2) is 16.6 Å². The van der Waals surface area contributed by atoms with Gasteiger partial charge in [0.1, 0.15) is 0 Å². The average Bonchev–Trinajstić information content (AvgIpc) is 2.74. The molecule has 0 bridgehead atoms. The first-order valence-electron chi connectivity index (χ1n) is 4.80. The van der Waals surface area contributed by atoms with Crippen molar-refractivity contribution in [1.29, 1.82) is 0 Å². The second-order valence-corrected chi connectivity index (χ2v) is 5.54. The molecule has 1 N–H and O–H groups in total. The van der Waals surface area contributed by atoms with Crippen LogP contribution in [-0.2, 0) is 11.2 Å². The van der Waals surface area contributed by atoms with Gasteiger partial charge in [0.05, 0.1) is 5.92 Å². The second kappa shape index (κ2) is 2.98. The van der Waals surface area contributed by atoms with Crippen LogP contribution < -0.4 is 0 Å². The minimum atomic E-state index is -0.674. The average molecular weight is 288 g/mol. The van der Waals surface area contributed by atoms with E-state index in [0.717, 1.165) is 27.0 Å². The van der Waals surface area contributed by atoms with Crippen molar-refractivity contribution in [2.24, 2.45) is 11.8 Å². The number of hydrogen-bond donors (Lipinski definition) is 1. The Morgan fingerprint density at radius 3 is 2.93 bits per heavy atom. The Morgan fingerprint density at radius 1 is 1.53 bits per heavy atom. The number of fused-ring (bicyclic) bond motifs is 3. The van der Waals surface area contributed by atoms with Gasteiger partial charge in [-0.2, -0.15) is 0 Å². The van der Waals surface area contributed by atoms with Crippen molar-refractivity contribution in [2.45, 2.75) is 12.3 Å². The molecule has 2 nitrogen and oxygen atoms in total. The van der Waals surface area contributed by atoms with Crippen LogP contribution in [0.2, 0.25) is 5.02 Å². The summed E-state index contributed by atoms with van der Waals surface area (Å²) in [6.45, 7) is 0. The highest BCUT2D eigenvalue weighted by Gasteiger charge is 2.60. The van der Waals surface area contributed by atoms with Crippen molar-refractivity contribution >= 4 is 33.5 Å². The van der Waals surface area contributed by atoms with Crippen LogP contribution in [0.25, 0.3) is 0 Å². The summed E-state index contributed by atoms with van der Waals surface area (Å²) in [5.74, 6) is -0.369. The number of benzene rings is 1. The van der Waals surface area contributed by atoms with E-state index in [0.29, 0.717) is 0 Å². The van der Waals surface area contributed by atoms with Crippen LogP contribution in [0.1, 0.15) is 17.0 Å². The summed E-state index contributed by atoms with van der Waals surface area (Å²) >= 11 is 9.50. The predicted molar refractivity (Wildman–Crippen MR) is 60.2 cm³/mol. The molecule has 3 atom stereocenters. The maximum atomic E-state index is 10.9. The SMILES string of the molecule is O=C(O)[C@@H]1[C@H]2Cc3c(Cl)cc(Br)cc3[C@H]21. The van der Waals surface area contributed by atoms with Crippen molar-refractivity contribution in [3.8, 4) is 0 Å². The maximum Gasteiger partial charge on any atom is 0.307 e. The molecular weight excluding hydrogens is 279 g/mol. The monoisotopic (exact) mass is 286 g/mol. The molecule has 4 heteroatoms. The van der Waals surface area contributed by atoms with Gasteiger partial charge in [0.15, 0.2) is 0 Å². The summed E-state index contributed by atoms with van der Waals surface area (Å²) in [6, 6.07) is 3.88.